The van der Waals surface area contributed by atoms with Gasteiger partial charge in [0.2, 0.25) is 0 Å². The van der Waals surface area contributed by atoms with Crippen LogP contribution >= 0.6 is 0 Å². The lowest BCUT2D eigenvalue weighted by Crippen LogP contribution is -2.55. The first kappa shape index (κ1) is 20.1. The molecule has 0 aliphatic carbocycles. The van der Waals surface area contributed by atoms with E-state index in [9.17, 15) is 35.7 Å². The molecule has 0 radical (unpaired) electrons. The van der Waals surface area contributed by atoms with Crippen molar-refractivity contribution >= 4 is 12.2 Å². The molecule has 0 saturated carbocycles. The van der Waals surface area contributed by atoms with Crippen LogP contribution in [0.25, 0.3) is 12.2 Å². The molecule has 2 aromatic rings. The van der Waals surface area contributed by atoms with Gasteiger partial charge in [-0.2, -0.15) is 0 Å². The second kappa shape index (κ2) is 8.17. The quantitative estimate of drug-likeness (QED) is 0.373. The third-order valence-corrected chi connectivity index (χ3v) is 4.65. The van der Waals surface area contributed by atoms with Crippen molar-refractivity contribution in [3.8, 4) is 17.2 Å². The highest BCUT2D eigenvalue weighted by Crippen LogP contribution is 2.37. The molecule has 1 aliphatic rings. The Labute approximate surface area is 160 Å². The molecular weight excluding hydrogens is 368 g/mol. The van der Waals surface area contributed by atoms with E-state index in [0.717, 1.165) is 0 Å². The highest BCUT2D eigenvalue weighted by molar-refractivity contribution is 5.71. The third-order valence-electron chi connectivity index (χ3n) is 4.65. The van der Waals surface area contributed by atoms with Crippen LogP contribution in [0.5, 0.6) is 17.2 Å². The van der Waals surface area contributed by atoms with E-state index in [4.69, 9.17) is 4.74 Å². The number of benzene rings is 2. The Balaban J connectivity index is 1.83. The Morgan fingerprint density at radius 2 is 1.43 bits per heavy atom. The third kappa shape index (κ3) is 4.11. The van der Waals surface area contributed by atoms with E-state index in [1.54, 1.807) is 18.2 Å². The number of aliphatic hydroxyl groups excluding tert-OH is 4. The molecule has 8 heteroatoms. The maximum Gasteiger partial charge on any atom is 0.122 e. The Kier molecular flexibility index (Phi) is 5.87. The Morgan fingerprint density at radius 1 is 0.786 bits per heavy atom. The SMILES string of the molecule is OC[C@H]1O[C@@H](c2ccc(/C=C/c3cc(O)cc(O)c3)cc2O)[C@H](O)[C@@H](O)[C@@H]1O. The van der Waals surface area contributed by atoms with Crippen molar-refractivity contribution in [1.82, 2.24) is 0 Å². The van der Waals surface area contributed by atoms with E-state index >= 15 is 0 Å². The monoisotopic (exact) mass is 390 g/mol. The van der Waals surface area contributed by atoms with Gasteiger partial charge in [0, 0.05) is 11.6 Å². The van der Waals surface area contributed by atoms with E-state index in [-0.39, 0.29) is 22.8 Å². The lowest BCUT2D eigenvalue weighted by molar-refractivity contribution is -0.232. The molecule has 1 fully saturated rings. The fraction of sp³-hybridized carbons (Fsp3) is 0.300. The van der Waals surface area contributed by atoms with Gasteiger partial charge in [-0.3, -0.25) is 0 Å². The molecule has 0 amide bonds. The van der Waals surface area contributed by atoms with E-state index in [2.05, 4.69) is 0 Å². The van der Waals surface area contributed by atoms with Gasteiger partial charge >= 0.3 is 0 Å². The number of aromatic hydroxyl groups is 3. The predicted molar refractivity (Wildman–Crippen MR) is 99.5 cm³/mol. The van der Waals surface area contributed by atoms with Crippen molar-refractivity contribution < 1.29 is 40.5 Å². The zero-order valence-electron chi connectivity index (χ0n) is 14.8. The number of hydrogen-bond acceptors (Lipinski definition) is 8. The summed E-state index contributed by atoms with van der Waals surface area (Å²) in [5, 5.41) is 68.6. The van der Waals surface area contributed by atoms with E-state index in [0.29, 0.717) is 11.1 Å². The smallest absolute Gasteiger partial charge is 0.122 e. The van der Waals surface area contributed by atoms with Crippen LogP contribution in [0.15, 0.2) is 36.4 Å². The zero-order valence-corrected chi connectivity index (χ0v) is 14.8. The molecule has 0 spiro atoms. The van der Waals surface area contributed by atoms with Crippen LogP contribution < -0.4 is 0 Å². The van der Waals surface area contributed by atoms with Crippen LogP contribution in [-0.4, -0.2) is 66.8 Å². The lowest BCUT2D eigenvalue weighted by atomic mass is 9.90. The molecule has 28 heavy (non-hydrogen) atoms. The minimum atomic E-state index is -1.53. The van der Waals surface area contributed by atoms with Crippen LogP contribution in [-0.2, 0) is 4.74 Å². The number of phenols is 3. The number of rotatable bonds is 4. The highest BCUT2D eigenvalue weighted by Gasteiger charge is 2.44. The van der Waals surface area contributed by atoms with E-state index in [1.807, 2.05) is 0 Å². The molecule has 1 heterocycles. The van der Waals surface area contributed by atoms with Gasteiger partial charge in [-0.1, -0.05) is 24.3 Å². The average Bonchev–Trinajstić information content (AvgIpc) is 2.65. The van der Waals surface area contributed by atoms with Gasteiger partial charge in [0.25, 0.3) is 0 Å². The summed E-state index contributed by atoms with van der Waals surface area (Å²) in [5.41, 5.74) is 1.34. The summed E-state index contributed by atoms with van der Waals surface area (Å²) in [6.45, 7) is -0.556. The number of aliphatic hydroxyl groups is 4. The first-order valence-electron chi connectivity index (χ1n) is 8.64. The largest absolute Gasteiger partial charge is 0.508 e. The molecule has 1 saturated heterocycles. The highest BCUT2D eigenvalue weighted by atomic mass is 16.5. The van der Waals surface area contributed by atoms with Crippen LogP contribution in [0.2, 0.25) is 0 Å². The maximum absolute atomic E-state index is 10.3. The van der Waals surface area contributed by atoms with Crippen LogP contribution in [0.3, 0.4) is 0 Å². The first-order valence-corrected chi connectivity index (χ1v) is 8.64. The van der Waals surface area contributed by atoms with Gasteiger partial charge in [0.05, 0.1) is 6.61 Å². The second-order valence-electron chi connectivity index (χ2n) is 6.68. The van der Waals surface area contributed by atoms with Crippen molar-refractivity contribution in [2.45, 2.75) is 30.5 Å². The second-order valence-corrected chi connectivity index (χ2v) is 6.68. The van der Waals surface area contributed by atoms with Gasteiger partial charge in [-0.05, 0) is 29.3 Å². The first-order chi connectivity index (χ1) is 13.3. The molecule has 2 aromatic carbocycles. The van der Waals surface area contributed by atoms with E-state index < -0.39 is 37.1 Å². The normalized spacial score (nSPS) is 27.9. The molecule has 0 aromatic heterocycles. The molecule has 5 atom stereocenters. The summed E-state index contributed by atoms with van der Waals surface area (Å²) in [6, 6.07) is 8.67. The van der Waals surface area contributed by atoms with Crippen molar-refractivity contribution in [1.29, 1.82) is 0 Å². The Hall–Kier alpha value is -2.62. The molecule has 0 unspecified atom stereocenters. The summed E-state index contributed by atoms with van der Waals surface area (Å²) in [4.78, 5) is 0. The summed E-state index contributed by atoms with van der Waals surface area (Å²) < 4.78 is 5.45. The van der Waals surface area contributed by atoms with Crippen molar-refractivity contribution in [3.63, 3.8) is 0 Å². The fourth-order valence-electron chi connectivity index (χ4n) is 3.17. The molecular formula is C20H22O8. The standard InChI is InChI=1S/C20H22O8/c21-9-16-17(25)18(26)19(27)20(28-16)14-4-3-10(7-15(14)24)1-2-11-5-12(22)8-13(23)6-11/h1-8,16-27H,9H2/b2-1+/t16-,17-,18+,19-,20+/m1/s1. The van der Waals surface area contributed by atoms with Gasteiger partial charge in [0.1, 0.15) is 47.8 Å². The topological polar surface area (TPSA) is 151 Å². The van der Waals surface area contributed by atoms with Crippen LogP contribution in [0.1, 0.15) is 22.8 Å². The number of phenolic OH excluding ortho intramolecular Hbond substituents is 3. The summed E-state index contributed by atoms with van der Waals surface area (Å²) in [5.74, 6) is -0.369. The fourth-order valence-corrected chi connectivity index (χ4v) is 3.17. The van der Waals surface area contributed by atoms with Crippen molar-refractivity contribution in [2.24, 2.45) is 0 Å². The average molecular weight is 390 g/mol. The maximum atomic E-state index is 10.3. The van der Waals surface area contributed by atoms with Crippen molar-refractivity contribution in [3.05, 3.63) is 53.1 Å². The minimum Gasteiger partial charge on any atom is -0.508 e. The molecule has 1 aliphatic heterocycles. The van der Waals surface area contributed by atoms with Crippen molar-refractivity contribution in [2.75, 3.05) is 6.61 Å². The van der Waals surface area contributed by atoms with E-state index in [1.165, 1.54) is 30.3 Å². The van der Waals surface area contributed by atoms with Gasteiger partial charge in [0.15, 0.2) is 0 Å². The molecule has 0 bridgehead atoms. The minimum absolute atomic E-state index is 0.0829. The lowest BCUT2D eigenvalue weighted by Gasteiger charge is -2.40. The summed E-state index contributed by atoms with van der Waals surface area (Å²) >= 11 is 0. The molecule has 150 valence electrons. The molecule has 7 N–H and O–H groups in total. The van der Waals surface area contributed by atoms with Crippen LogP contribution in [0.4, 0.5) is 0 Å². The zero-order chi connectivity index (χ0) is 20.4. The summed E-state index contributed by atoms with van der Waals surface area (Å²) in [7, 11) is 0. The Bertz CT molecular complexity index is 843. The molecule has 3 rings (SSSR count). The van der Waals surface area contributed by atoms with Gasteiger partial charge in [-0.15, -0.1) is 0 Å². The molecule has 8 nitrogen and oxygen atoms in total. The number of ether oxygens (including phenoxy) is 1. The number of hydrogen-bond donors (Lipinski definition) is 7. The van der Waals surface area contributed by atoms with Gasteiger partial charge < -0.3 is 40.5 Å². The Morgan fingerprint density at radius 3 is 2.04 bits per heavy atom. The summed E-state index contributed by atoms with van der Waals surface area (Å²) in [6.07, 6.45) is -3.42. The predicted octanol–water partition coefficient (Wildman–Crippen LogP) is 0.489. The van der Waals surface area contributed by atoms with Crippen LogP contribution in [0, 0.1) is 0 Å². The van der Waals surface area contributed by atoms with Gasteiger partial charge in [-0.25, -0.2) is 0 Å².